The molecule has 1 aromatic heterocycles. The molecule has 0 amide bonds. The molecule has 0 spiro atoms. The van der Waals surface area contributed by atoms with Crippen molar-refractivity contribution in [1.29, 1.82) is 0 Å². The van der Waals surface area contributed by atoms with Crippen molar-refractivity contribution >= 4 is 35.3 Å². The average Bonchev–Trinajstić information content (AvgIpc) is 2.76. The molecule has 2 rings (SSSR count). The van der Waals surface area contributed by atoms with Gasteiger partial charge in [-0.25, -0.2) is 0 Å². The van der Waals surface area contributed by atoms with E-state index in [2.05, 4.69) is 27.2 Å². The van der Waals surface area contributed by atoms with E-state index >= 15 is 0 Å². The van der Waals surface area contributed by atoms with Gasteiger partial charge in [-0.2, -0.15) is 26.7 Å². The van der Waals surface area contributed by atoms with Crippen molar-refractivity contribution in [2.45, 2.75) is 37.5 Å². The Morgan fingerprint density at radius 2 is 2.11 bits per heavy atom. The molecule has 2 unspecified atom stereocenters. The molecule has 1 aromatic rings. The van der Waals surface area contributed by atoms with Crippen LogP contribution in [-0.2, 0) is 0 Å². The zero-order valence-corrected chi connectivity index (χ0v) is 13.1. The maximum Gasteiger partial charge on any atom is 0.230 e. The lowest BCUT2D eigenvalue weighted by atomic mass is 10.2. The van der Waals surface area contributed by atoms with Crippen molar-refractivity contribution < 1.29 is 0 Å². The van der Waals surface area contributed by atoms with Crippen LogP contribution in [0, 0.1) is 0 Å². The van der Waals surface area contributed by atoms with E-state index in [-0.39, 0.29) is 5.28 Å². The van der Waals surface area contributed by atoms with Crippen molar-refractivity contribution in [3.63, 3.8) is 0 Å². The molecule has 1 N–H and O–H groups in total. The average molecular weight is 302 g/mol. The van der Waals surface area contributed by atoms with E-state index in [4.69, 9.17) is 11.6 Å². The molecule has 2 atom stereocenters. The SMILES string of the molecule is CCSC1CCCC1Nc1nc(Cl)nc(N(C)C)n1. The topological polar surface area (TPSA) is 53.9 Å². The predicted octanol–water partition coefficient (Wildman–Crippen LogP) is 2.68. The zero-order chi connectivity index (χ0) is 13.8. The lowest BCUT2D eigenvalue weighted by molar-refractivity contribution is 0.752. The summed E-state index contributed by atoms with van der Waals surface area (Å²) in [4.78, 5) is 14.5. The van der Waals surface area contributed by atoms with E-state index in [1.807, 2.05) is 30.8 Å². The van der Waals surface area contributed by atoms with Crippen molar-refractivity contribution in [3.05, 3.63) is 5.28 Å². The van der Waals surface area contributed by atoms with E-state index in [0.717, 1.165) is 12.2 Å². The van der Waals surface area contributed by atoms with Crippen LogP contribution in [0.1, 0.15) is 26.2 Å². The third-order valence-electron chi connectivity index (χ3n) is 3.14. The van der Waals surface area contributed by atoms with E-state index in [0.29, 0.717) is 23.2 Å². The number of hydrogen-bond donors (Lipinski definition) is 1. The first kappa shape index (κ1) is 14.7. The molecule has 0 aromatic carbocycles. The van der Waals surface area contributed by atoms with Gasteiger partial charge in [0, 0.05) is 25.4 Å². The summed E-state index contributed by atoms with van der Waals surface area (Å²) in [5, 5.41) is 4.29. The van der Waals surface area contributed by atoms with Crippen LogP contribution >= 0.6 is 23.4 Å². The third-order valence-corrected chi connectivity index (χ3v) is 4.64. The molecule has 5 nitrogen and oxygen atoms in total. The molecule has 106 valence electrons. The molecule has 1 fully saturated rings. The Kier molecular flexibility index (Phi) is 5.10. The maximum absolute atomic E-state index is 5.94. The second kappa shape index (κ2) is 6.61. The summed E-state index contributed by atoms with van der Waals surface area (Å²) in [5.41, 5.74) is 0. The highest BCUT2D eigenvalue weighted by atomic mass is 35.5. The van der Waals surface area contributed by atoms with Gasteiger partial charge < -0.3 is 10.2 Å². The number of rotatable bonds is 5. The second-order valence-corrected chi connectivity index (χ2v) is 6.65. The molecule has 0 bridgehead atoms. The van der Waals surface area contributed by atoms with Gasteiger partial charge in [-0.05, 0) is 30.2 Å². The second-order valence-electron chi connectivity index (χ2n) is 4.80. The highest BCUT2D eigenvalue weighted by Gasteiger charge is 2.27. The lowest BCUT2D eigenvalue weighted by Gasteiger charge is -2.20. The van der Waals surface area contributed by atoms with Crippen LogP contribution < -0.4 is 10.2 Å². The number of nitrogens with one attached hydrogen (secondary N) is 1. The van der Waals surface area contributed by atoms with Gasteiger partial charge in [0.1, 0.15) is 0 Å². The molecule has 1 aliphatic carbocycles. The van der Waals surface area contributed by atoms with Gasteiger partial charge in [-0.3, -0.25) is 0 Å². The van der Waals surface area contributed by atoms with Crippen molar-refractivity contribution in [2.75, 3.05) is 30.1 Å². The van der Waals surface area contributed by atoms with E-state index in [1.54, 1.807) is 0 Å². The Balaban J connectivity index is 2.09. The number of halogens is 1. The lowest BCUT2D eigenvalue weighted by Crippen LogP contribution is -2.28. The van der Waals surface area contributed by atoms with Crippen LogP contribution in [0.25, 0.3) is 0 Å². The Bertz CT molecular complexity index is 429. The largest absolute Gasteiger partial charge is 0.350 e. The van der Waals surface area contributed by atoms with Gasteiger partial charge in [-0.1, -0.05) is 13.3 Å². The van der Waals surface area contributed by atoms with Gasteiger partial charge in [0.15, 0.2) is 0 Å². The van der Waals surface area contributed by atoms with Crippen LogP contribution in [0.3, 0.4) is 0 Å². The highest BCUT2D eigenvalue weighted by Crippen LogP contribution is 2.31. The quantitative estimate of drug-likeness (QED) is 0.902. The zero-order valence-electron chi connectivity index (χ0n) is 11.6. The van der Waals surface area contributed by atoms with Crippen LogP contribution in [0.5, 0.6) is 0 Å². The minimum absolute atomic E-state index is 0.235. The summed E-state index contributed by atoms with van der Waals surface area (Å²) in [6.07, 6.45) is 3.68. The van der Waals surface area contributed by atoms with Gasteiger partial charge in [-0.15, -0.1) is 0 Å². The molecule has 1 aliphatic rings. The van der Waals surface area contributed by atoms with E-state index in [9.17, 15) is 0 Å². The minimum Gasteiger partial charge on any atom is -0.350 e. The number of nitrogens with zero attached hydrogens (tertiary/aromatic N) is 4. The van der Waals surface area contributed by atoms with Gasteiger partial charge >= 0.3 is 0 Å². The monoisotopic (exact) mass is 301 g/mol. The summed E-state index contributed by atoms with van der Waals surface area (Å²) in [5.74, 6) is 2.31. The van der Waals surface area contributed by atoms with Crippen molar-refractivity contribution in [1.82, 2.24) is 15.0 Å². The smallest absolute Gasteiger partial charge is 0.230 e. The Labute approximate surface area is 123 Å². The summed E-state index contributed by atoms with van der Waals surface area (Å²) < 4.78 is 0. The fraction of sp³-hybridized carbons (Fsp3) is 0.750. The van der Waals surface area contributed by atoms with Crippen LogP contribution in [0.4, 0.5) is 11.9 Å². The minimum atomic E-state index is 0.235. The molecule has 19 heavy (non-hydrogen) atoms. The summed E-state index contributed by atoms with van der Waals surface area (Å²) in [6, 6.07) is 0.429. The number of aromatic nitrogens is 3. The Morgan fingerprint density at radius 3 is 2.79 bits per heavy atom. The fourth-order valence-electron chi connectivity index (χ4n) is 2.27. The molecule has 0 radical (unpaired) electrons. The van der Waals surface area contributed by atoms with Crippen LogP contribution in [0.15, 0.2) is 0 Å². The Hall–Kier alpha value is -0.750. The summed E-state index contributed by atoms with van der Waals surface area (Å²) in [6.45, 7) is 2.20. The van der Waals surface area contributed by atoms with Gasteiger partial charge in [0.2, 0.25) is 17.2 Å². The van der Waals surface area contributed by atoms with Crippen LogP contribution in [-0.4, -0.2) is 46.1 Å². The summed E-state index contributed by atoms with van der Waals surface area (Å²) >= 11 is 7.95. The summed E-state index contributed by atoms with van der Waals surface area (Å²) in [7, 11) is 3.78. The molecule has 1 heterocycles. The van der Waals surface area contributed by atoms with Crippen LogP contribution in [0.2, 0.25) is 5.28 Å². The third kappa shape index (κ3) is 3.86. The highest BCUT2D eigenvalue weighted by molar-refractivity contribution is 7.99. The van der Waals surface area contributed by atoms with Crippen molar-refractivity contribution in [2.24, 2.45) is 0 Å². The molecule has 0 saturated heterocycles. The number of hydrogen-bond acceptors (Lipinski definition) is 6. The molecule has 1 saturated carbocycles. The number of thioether (sulfide) groups is 1. The molecule has 7 heteroatoms. The normalized spacial score (nSPS) is 22.5. The van der Waals surface area contributed by atoms with Crippen molar-refractivity contribution in [3.8, 4) is 0 Å². The molecule has 0 aliphatic heterocycles. The fourth-order valence-corrected chi connectivity index (χ4v) is 3.63. The van der Waals surface area contributed by atoms with E-state index in [1.165, 1.54) is 12.8 Å². The number of anilines is 2. The van der Waals surface area contributed by atoms with Gasteiger partial charge in [0.25, 0.3) is 0 Å². The van der Waals surface area contributed by atoms with Gasteiger partial charge in [0.05, 0.1) is 0 Å². The molecular formula is C12H20ClN5S. The Morgan fingerprint density at radius 1 is 1.32 bits per heavy atom. The standard InChI is InChI=1S/C12H20ClN5S/c1-4-19-9-7-5-6-8(9)14-11-15-10(13)16-12(17-11)18(2)3/h8-9H,4-7H2,1-3H3,(H,14,15,16,17). The first-order valence-corrected chi connectivity index (χ1v) is 8.00. The maximum atomic E-state index is 5.94. The van der Waals surface area contributed by atoms with E-state index < -0.39 is 0 Å². The first-order valence-electron chi connectivity index (χ1n) is 6.57. The predicted molar refractivity (Wildman–Crippen MR) is 82.3 cm³/mol. The molecular weight excluding hydrogens is 282 g/mol. The first-order chi connectivity index (χ1) is 9.10.